The number of hydrogen-bond donors (Lipinski definition) is 2. The summed E-state index contributed by atoms with van der Waals surface area (Å²) in [6.45, 7) is 1.64. The van der Waals surface area contributed by atoms with Crippen molar-refractivity contribution in [1.82, 2.24) is 9.88 Å². The van der Waals surface area contributed by atoms with Crippen LogP contribution in [0.4, 0.5) is 0 Å². The number of fused-ring (bicyclic) bond motifs is 2. The summed E-state index contributed by atoms with van der Waals surface area (Å²) in [7, 11) is 1.51. The zero-order chi connectivity index (χ0) is 25.6. The van der Waals surface area contributed by atoms with Gasteiger partial charge in [-0.3, -0.25) is 24.1 Å². The second kappa shape index (κ2) is 9.47. The first-order valence-corrected chi connectivity index (χ1v) is 12.8. The standard InChI is InChI=1S/C25H22N2O7S2/c1-12-4-3-5-13(8-12)11-34-15-7-6-14(9-16(15)33-2)18-19-21(35-22-20(18)36-25(32)26-22)24(31)27(23(19)30)10-17(28)29/h3-9,18-19,21H,10-11H2,1-2H3,(H,26,32)(H,28,29)/t18-,19?,21?/m1/s1. The number of rotatable bonds is 7. The number of ether oxygens (including phenoxy) is 2. The number of aryl methyl sites for hydroxylation is 1. The molecule has 0 spiro atoms. The first kappa shape index (κ1) is 24.1. The SMILES string of the molecule is COc1cc([C@H]2c3sc(=O)[nH]c3SC3C(=O)N(CC(=O)O)C(=O)C32)ccc1OCc1cccc(C)c1. The van der Waals surface area contributed by atoms with Gasteiger partial charge in [0.05, 0.1) is 18.1 Å². The zero-order valence-corrected chi connectivity index (χ0v) is 21.0. The molecule has 3 heterocycles. The van der Waals surface area contributed by atoms with Crippen LogP contribution in [0.15, 0.2) is 52.3 Å². The summed E-state index contributed by atoms with van der Waals surface area (Å²) >= 11 is 2.09. The third-order valence-electron chi connectivity index (χ3n) is 6.23. The number of imide groups is 1. The topological polar surface area (TPSA) is 126 Å². The number of benzene rings is 2. The number of thioether (sulfide) groups is 1. The maximum Gasteiger partial charge on any atom is 0.323 e. The first-order valence-electron chi connectivity index (χ1n) is 11.1. The van der Waals surface area contributed by atoms with E-state index in [2.05, 4.69) is 4.98 Å². The molecular formula is C25H22N2O7S2. The number of carbonyl (C=O) groups is 3. The van der Waals surface area contributed by atoms with Gasteiger partial charge in [-0.1, -0.05) is 59.0 Å². The largest absolute Gasteiger partial charge is 0.493 e. The number of hydrogen-bond acceptors (Lipinski definition) is 8. The van der Waals surface area contributed by atoms with E-state index in [-0.39, 0.29) is 4.87 Å². The van der Waals surface area contributed by atoms with E-state index in [1.165, 1.54) is 7.11 Å². The number of nitrogens with zero attached hydrogens (tertiary/aromatic N) is 1. The highest BCUT2D eigenvalue weighted by atomic mass is 32.2. The lowest BCUT2D eigenvalue weighted by Crippen LogP contribution is -2.36. The molecule has 0 saturated carbocycles. The van der Waals surface area contributed by atoms with Gasteiger partial charge in [-0.25, -0.2) is 0 Å². The number of carbonyl (C=O) groups excluding carboxylic acids is 2. The van der Waals surface area contributed by atoms with Crippen LogP contribution in [0.25, 0.3) is 0 Å². The number of methoxy groups -OCH3 is 1. The third kappa shape index (κ3) is 4.28. The molecule has 2 aliphatic heterocycles. The molecule has 186 valence electrons. The molecular weight excluding hydrogens is 504 g/mol. The second-order valence-corrected chi connectivity index (χ2v) is 10.8. The Morgan fingerprint density at radius 2 is 1.92 bits per heavy atom. The average Bonchev–Trinajstić information content (AvgIpc) is 3.33. The van der Waals surface area contributed by atoms with Crippen LogP contribution in [0.5, 0.6) is 11.5 Å². The van der Waals surface area contributed by atoms with E-state index in [9.17, 15) is 24.3 Å². The van der Waals surface area contributed by atoms with E-state index in [0.717, 1.165) is 39.1 Å². The Balaban J connectivity index is 1.51. The molecule has 1 saturated heterocycles. The van der Waals surface area contributed by atoms with Gasteiger partial charge in [-0.05, 0) is 30.2 Å². The maximum atomic E-state index is 13.3. The number of aliphatic carboxylic acids is 1. The van der Waals surface area contributed by atoms with Gasteiger partial charge in [0.1, 0.15) is 18.4 Å². The highest BCUT2D eigenvalue weighted by Crippen LogP contribution is 2.53. The van der Waals surface area contributed by atoms with E-state index in [4.69, 9.17) is 9.47 Å². The average molecular weight is 527 g/mol. The molecule has 9 nitrogen and oxygen atoms in total. The number of nitrogens with one attached hydrogen (secondary N) is 1. The molecule has 5 rings (SSSR count). The molecule has 11 heteroatoms. The zero-order valence-electron chi connectivity index (χ0n) is 19.3. The summed E-state index contributed by atoms with van der Waals surface area (Å²) in [6, 6.07) is 13.2. The monoisotopic (exact) mass is 526 g/mol. The Hall–Kier alpha value is -3.57. The summed E-state index contributed by atoms with van der Waals surface area (Å²) in [5, 5.41) is 8.90. The third-order valence-corrected chi connectivity index (χ3v) is 8.63. The van der Waals surface area contributed by atoms with Crippen LogP contribution < -0.4 is 14.3 Å². The second-order valence-electron chi connectivity index (χ2n) is 8.59. The van der Waals surface area contributed by atoms with E-state index < -0.39 is 41.4 Å². The highest BCUT2D eigenvalue weighted by molar-refractivity contribution is 8.00. The van der Waals surface area contributed by atoms with Crippen LogP contribution in [0.2, 0.25) is 0 Å². The molecule has 0 radical (unpaired) electrons. The van der Waals surface area contributed by atoms with Crippen LogP contribution in [0.3, 0.4) is 0 Å². The Kier molecular flexibility index (Phi) is 6.35. The molecule has 2 N–H and O–H groups in total. The predicted molar refractivity (Wildman–Crippen MR) is 133 cm³/mol. The van der Waals surface area contributed by atoms with Gasteiger partial charge < -0.3 is 19.6 Å². The number of likely N-dealkylation sites (tertiary alicyclic amines) is 1. The summed E-state index contributed by atoms with van der Waals surface area (Å²) in [4.78, 5) is 53.7. The van der Waals surface area contributed by atoms with Crippen LogP contribution in [0.1, 0.15) is 27.5 Å². The normalized spacial score (nSPS) is 20.7. The number of aromatic amines is 1. The van der Waals surface area contributed by atoms with Crippen molar-refractivity contribution in [2.45, 2.75) is 29.7 Å². The highest BCUT2D eigenvalue weighted by Gasteiger charge is 2.56. The fraction of sp³-hybridized carbons (Fsp3) is 0.280. The quantitative estimate of drug-likeness (QED) is 0.450. The van der Waals surface area contributed by atoms with Gasteiger partial charge in [0.25, 0.3) is 0 Å². The van der Waals surface area contributed by atoms with E-state index in [1.54, 1.807) is 18.2 Å². The maximum absolute atomic E-state index is 13.3. The molecule has 36 heavy (non-hydrogen) atoms. The number of aromatic nitrogens is 1. The van der Waals surface area contributed by atoms with Crippen LogP contribution in [-0.2, 0) is 21.0 Å². The van der Waals surface area contributed by atoms with Gasteiger partial charge in [0, 0.05) is 10.8 Å². The molecule has 0 bridgehead atoms. The molecule has 1 aromatic heterocycles. The van der Waals surface area contributed by atoms with Crippen molar-refractivity contribution < 1.29 is 29.0 Å². The minimum absolute atomic E-state index is 0.287. The van der Waals surface area contributed by atoms with E-state index in [1.807, 2.05) is 31.2 Å². The van der Waals surface area contributed by atoms with Crippen molar-refractivity contribution >= 4 is 40.9 Å². The summed E-state index contributed by atoms with van der Waals surface area (Å²) < 4.78 is 11.6. The van der Waals surface area contributed by atoms with Gasteiger partial charge >= 0.3 is 10.8 Å². The van der Waals surface area contributed by atoms with Gasteiger partial charge in [-0.2, -0.15) is 0 Å². The van der Waals surface area contributed by atoms with E-state index >= 15 is 0 Å². The minimum Gasteiger partial charge on any atom is -0.493 e. The van der Waals surface area contributed by atoms with Crippen molar-refractivity contribution in [3.63, 3.8) is 0 Å². The first-order chi connectivity index (χ1) is 17.3. The Morgan fingerprint density at radius 1 is 1.11 bits per heavy atom. The van der Waals surface area contributed by atoms with Gasteiger partial charge in [0.2, 0.25) is 11.8 Å². The summed E-state index contributed by atoms with van der Waals surface area (Å²) in [5.74, 6) is -2.90. The molecule has 2 amide bonds. The minimum atomic E-state index is -1.27. The number of thiazole rings is 1. The molecule has 2 aromatic carbocycles. The lowest BCUT2D eigenvalue weighted by molar-refractivity contribution is -0.149. The molecule has 2 unspecified atom stereocenters. The number of carboxylic acids is 1. The Bertz CT molecular complexity index is 1430. The van der Waals surface area contributed by atoms with Crippen molar-refractivity contribution in [3.05, 3.63) is 73.7 Å². The molecule has 2 aliphatic rings. The predicted octanol–water partition coefficient (Wildman–Crippen LogP) is 3.01. The van der Waals surface area contributed by atoms with Crippen molar-refractivity contribution in [2.75, 3.05) is 13.7 Å². The fourth-order valence-corrected chi connectivity index (χ4v) is 7.22. The van der Waals surface area contributed by atoms with Gasteiger partial charge in [0.15, 0.2) is 11.5 Å². The van der Waals surface area contributed by atoms with Crippen molar-refractivity contribution in [1.29, 1.82) is 0 Å². The number of H-pyrrole nitrogens is 1. The van der Waals surface area contributed by atoms with Crippen LogP contribution in [0, 0.1) is 12.8 Å². The Morgan fingerprint density at radius 3 is 2.64 bits per heavy atom. The van der Waals surface area contributed by atoms with Gasteiger partial charge in [-0.15, -0.1) is 0 Å². The van der Waals surface area contributed by atoms with Crippen molar-refractivity contribution in [2.24, 2.45) is 5.92 Å². The van der Waals surface area contributed by atoms with Crippen LogP contribution >= 0.6 is 23.1 Å². The molecule has 0 aliphatic carbocycles. The lowest BCUT2D eigenvalue weighted by atomic mass is 9.83. The number of carboxylic acid groups (broad SMARTS) is 1. The smallest absolute Gasteiger partial charge is 0.323 e. The van der Waals surface area contributed by atoms with E-state index in [0.29, 0.717) is 33.6 Å². The number of amides is 2. The fourth-order valence-electron chi connectivity index (χ4n) is 4.68. The van der Waals surface area contributed by atoms with Crippen molar-refractivity contribution in [3.8, 4) is 11.5 Å². The lowest BCUT2D eigenvalue weighted by Gasteiger charge is -2.30. The summed E-state index contributed by atoms with van der Waals surface area (Å²) in [6.07, 6.45) is 0. The van der Waals surface area contributed by atoms with Crippen LogP contribution in [-0.4, -0.2) is 51.7 Å². The Labute approximate surface area is 214 Å². The molecule has 3 atom stereocenters. The summed E-state index contributed by atoms with van der Waals surface area (Å²) in [5.41, 5.74) is 2.79. The molecule has 3 aromatic rings. The molecule has 1 fully saturated rings.